The summed E-state index contributed by atoms with van der Waals surface area (Å²) in [6.07, 6.45) is 4.13. The van der Waals surface area contributed by atoms with Crippen LogP contribution in [0, 0.1) is 0 Å². The van der Waals surface area contributed by atoms with Gasteiger partial charge in [0.2, 0.25) is 0 Å². The van der Waals surface area contributed by atoms with E-state index in [4.69, 9.17) is 29.4 Å². The normalized spacial score (nSPS) is 13.9. The van der Waals surface area contributed by atoms with E-state index in [1.54, 1.807) is 36.4 Å². The van der Waals surface area contributed by atoms with Crippen LogP contribution in [-0.2, 0) is 40.3 Å². The predicted molar refractivity (Wildman–Crippen MR) is 341 cm³/mol. The zero-order valence-electron chi connectivity index (χ0n) is 49.0. The number of fused-ring (bicyclic) bond motifs is 4. The van der Waals surface area contributed by atoms with Crippen LogP contribution in [0.5, 0.6) is 23.0 Å². The molecule has 442 valence electrons. The number of carbonyl (C=O) groups excluding carboxylic acids is 6. The van der Waals surface area contributed by atoms with Gasteiger partial charge in [-0.3, -0.25) is 29.0 Å². The number of unbranched alkanes of at least 4 members (excludes halogenated alkanes) is 2. The molecule has 3 N–H and O–H groups in total. The molecule has 0 radical (unpaired) electrons. The third kappa shape index (κ3) is 8.73. The lowest BCUT2D eigenvalue weighted by atomic mass is 9.82. The summed E-state index contributed by atoms with van der Waals surface area (Å²) in [7, 11) is 0. The van der Waals surface area contributed by atoms with E-state index in [1.807, 2.05) is 105 Å². The molecule has 0 bridgehead atoms. The number of hydrogen-bond acceptors (Lipinski definition) is 13. The smallest absolute Gasteiger partial charge is 0.338 e. The fourth-order valence-corrected chi connectivity index (χ4v) is 13.9. The lowest BCUT2D eigenvalue weighted by Crippen LogP contribution is -2.42. The van der Waals surface area contributed by atoms with Crippen molar-refractivity contribution in [2.24, 2.45) is 5.73 Å². The largest absolute Gasteiger partial charge is 0.462 e. The summed E-state index contributed by atoms with van der Waals surface area (Å²) in [5.41, 5.74) is 11.7. The van der Waals surface area contributed by atoms with Crippen molar-refractivity contribution < 1.29 is 57.6 Å². The Balaban J connectivity index is 0.768. The van der Waals surface area contributed by atoms with Gasteiger partial charge in [-0.05, 0) is 170 Å². The molecule has 0 aliphatic carbocycles. The van der Waals surface area contributed by atoms with Crippen molar-refractivity contribution >= 4 is 122 Å². The van der Waals surface area contributed by atoms with Gasteiger partial charge in [0.25, 0.3) is 23.6 Å². The summed E-state index contributed by atoms with van der Waals surface area (Å²) in [6, 6.07) is 41.2. The number of rotatable bonds is 19. The van der Waals surface area contributed by atoms with Gasteiger partial charge in [-0.25, -0.2) is 9.59 Å². The monoisotopic (exact) mass is 1180 g/mol. The Morgan fingerprint density at radius 1 is 0.461 bits per heavy atom. The van der Waals surface area contributed by atoms with Crippen LogP contribution in [-0.4, -0.2) is 89.9 Å². The highest BCUT2D eigenvalue weighted by atomic mass is 16.5. The van der Waals surface area contributed by atoms with E-state index >= 15 is 0 Å². The van der Waals surface area contributed by atoms with Crippen LogP contribution in [0.15, 0.2) is 133 Å². The second-order valence-corrected chi connectivity index (χ2v) is 23.3. The number of amides is 4. The maximum Gasteiger partial charge on any atom is 0.338 e. The minimum absolute atomic E-state index is 0.101. The highest BCUT2D eigenvalue weighted by Crippen LogP contribution is 2.53. The summed E-state index contributed by atoms with van der Waals surface area (Å²) in [5.74, 6) is -0.871. The quantitative estimate of drug-likeness (QED) is 0.0255. The van der Waals surface area contributed by atoms with E-state index < -0.39 is 42.2 Å². The summed E-state index contributed by atoms with van der Waals surface area (Å²) < 4.78 is 31.4. The van der Waals surface area contributed by atoms with Gasteiger partial charge >= 0.3 is 11.9 Å². The topological polar surface area (TPSA) is 201 Å². The van der Waals surface area contributed by atoms with Crippen molar-refractivity contribution in [1.82, 2.24) is 9.80 Å². The molecule has 0 saturated heterocycles. The first-order valence-electron chi connectivity index (χ1n) is 30.4. The Morgan fingerprint density at radius 3 is 1.45 bits per heavy atom. The molecule has 15 rings (SSSR count). The molecule has 3 aliphatic rings. The number of esters is 2. The zero-order valence-corrected chi connectivity index (χ0v) is 49.0. The van der Waals surface area contributed by atoms with Crippen LogP contribution < -0.4 is 15.2 Å². The molecule has 4 amide bonds. The van der Waals surface area contributed by atoms with Crippen LogP contribution in [0.4, 0.5) is 0 Å². The molecule has 0 aromatic heterocycles. The van der Waals surface area contributed by atoms with E-state index in [0.717, 1.165) is 99.2 Å². The third-order valence-electron chi connectivity index (χ3n) is 18.1. The standard InChI is InChI=1S/C74H59N3O12/c1-3-5-33-86-73(83)54-25-19-47-45-17-22-51-62-52(23-18-46(60(45)62)48-20-26-55(64(54)61(47)48)74(84)87-34-6-4-2)70(80)76(69(51)79)30-28-40-9-14-43(15-10-40)88-57-35-42-38-85-37-41-11-16-49-66-58(89-44-12-7-39(8-13-44)27-29-75)36-56-63-53(71(81)77(31-32-78)72(56)82)24-21-50(68(63)66)65(57)67(49)59(41)42/h7-26,35-36,78H,3-6,27-34,37-38,75H2,1-2H3. The second-order valence-electron chi connectivity index (χ2n) is 23.3. The van der Waals surface area contributed by atoms with Gasteiger partial charge in [0.15, 0.2) is 0 Å². The number of nitrogens with two attached hydrogens (primary N) is 1. The zero-order chi connectivity index (χ0) is 60.9. The molecule has 0 unspecified atom stereocenters. The Labute approximate surface area is 509 Å². The molecule has 0 atom stereocenters. The van der Waals surface area contributed by atoms with Crippen molar-refractivity contribution in [3.05, 3.63) is 189 Å². The summed E-state index contributed by atoms with van der Waals surface area (Å²) >= 11 is 0. The number of ether oxygens (including phenoxy) is 5. The molecule has 0 fully saturated rings. The molecule has 12 aromatic carbocycles. The molecule has 89 heavy (non-hydrogen) atoms. The van der Waals surface area contributed by atoms with Gasteiger partial charge in [0.1, 0.15) is 23.0 Å². The predicted octanol–water partition coefficient (Wildman–Crippen LogP) is 14.2. The highest BCUT2D eigenvalue weighted by Gasteiger charge is 2.38. The van der Waals surface area contributed by atoms with Crippen molar-refractivity contribution in [3.63, 3.8) is 0 Å². The van der Waals surface area contributed by atoms with E-state index in [-0.39, 0.29) is 43.0 Å². The number of aliphatic hydroxyl groups is 1. The molecule has 12 aromatic rings. The van der Waals surface area contributed by atoms with Crippen molar-refractivity contribution in [2.45, 2.75) is 65.6 Å². The maximum atomic E-state index is 14.7. The molecular formula is C74H59N3O12. The molecule has 0 spiro atoms. The van der Waals surface area contributed by atoms with Gasteiger partial charge in [-0.2, -0.15) is 0 Å². The van der Waals surface area contributed by atoms with Crippen molar-refractivity contribution in [2.75, 3.05) is 39.5 Å². The highest BCUT2D eigenvalue weighted by molar-refractivity contribution is 6.42. The van der Waals surface area contributed by atoms with Crippen LogP contribution in [0.1, 0.15) is 124 Å². The van der Waals surface area contributed by atoms with Crippen LogP contribution in [0.25, 0.3) is 86.2 Å². The fraction of sp³-hybridized carbons (Fsp3) is 0.216. The summed E-state index contributed by atoms with van der Waals surface area (Å²) in [4.78, 5) is 88.0. The number of hydrogen-bond donors (Lipinski definition) is 2. The Morgan fingerprint density at radius 2 is 0.910 bits per heavy atom. The van der Waals surface area contributed by atoms with Crippen molar-refractivity contribution in [3.8, 4) is 23.0 Å². The fourth-order valence-electron chi connectivity index (χ4n) is 13.9. The molecule has 15 heteroatoms. The van der Waals surface area contributed by atoms with E-state index in [9.17, 15) is 33.9 Å². The van der Waals surface area contributed by atoms with E-state index in [1.165, 1.54) is 4.90 Å². The Kier molecular flexibility index (Phi) is 13.7. The Bertz CT molecular complexity index is 4890. The number of carbonyl (C=O) groups is 6. The molecular weight excluding hydrogens is 1120 g/mol. The van der Waals surface area contributed by atoms with Gasteiger partial charge in [0.05, 0.1) is 56.3 Å². The molecule has 0 saturated carbocycles. The molecule has 3 heterocycles. The average molecular weight is 1180 g/mol. The number of aliphatic hydroxyl groups excluding tert-OH is 1. The second kappa shape index (κ2) is 22.0. The lowest BCUT2D eigenvalue weighted by molar-refractivity contribution is 0.0498. The number of β-amino-alcohol motifs (C(OH)–C–C–N with tert-alkyl or cyclic N) is 1. The van der Waals surface area contributed by atoms with Crippen LogP contribution >= 0.6 is 0 Å². The number of imide groups is 2. The Hall–Kier alpha value is -10.1. The SMILES string of the molecule is CCCCOC(=O)c1ccc2c3ccc4c5c(ccc(c6ccc(C(=O)OCCCC)c1c26)c53)C(=O)N(CCc1ccc(Oc2cc3c5c(ccc6c7c(Oc8ccc(CCN)cc8)cc8c9c(ccc(c2c56)c97)C(=O)N(CCO)C8=O)COC3)cc1)C4=O. The van der Waals surface area contributed by atoms with Crippen LogP contribution in [0.3, 0.4) is 0 Å². The minimum atomic E-state index is -0.532. The molecule has 3 aliphatic heterocycles. The third-order valence-corrected chi connectivity index (χ3v) is 18.1. The first kappa shape index (κ1) is 55.5. The number of benzene rings is 12. The summed E-state index contributed by atoms with van der Waals surface area (Å²) in [6.45, 7) is 5.29. The first-order chi connectivity index (χ1) is 43.5. The van der Waals surface area contributed by atoms with Gasteiger partial charge in [0, 0.05) is 60.9 Å². The summed E-state index contributed by atoms with van der Waals surface area (Å²) in [5, 5.41) is 21.7. The minimum Gasteiger partial charge on any atom is -0.462 e. The van der Waals surface area contributed by atoms with Gasteiger partial charge in [-0.15, -0.1) is 0 Å². The maximum absolute atomic E-state index is 14.7. The van der Waals surface area contributed by atoms with Gasteiger partial charge in [-0.1, -0.05) is 93.4 Å². The molecule has 15 nitrogen and oxygen atoms in total. The number of nitrogens with zero attached hydrogens (tertiary/aromatic N) is 2. The van der Waals surface area contributed by atoms with Gasteiger partial charge < -0.3 is 34.5 Å². The van der Waals surface area contributed by atoms with Crippen LogP contribution in [0.2, 0.25) is 0 Å². The first-order valence-corrected chi connectivity index (χ1v) is 30.4. The lowest BCUT2D eigenvalue weighted by Gasteiger charge is -2.30. The van der Waals surface area contributed by atoms with E-state index in [0.29, 0.717) is 112 Å². The average Bonchev–Trinajstić information content (AvgIpc) is 0.703. The van der Waals surface area contributed by atoms with Crippen molar-refractivity contribution in [1.29, 1.82) is 0 Å². The van der Waals surface area contributed by atoms with E-state index in [2.05, 4.69) is 6.07 Å².